The summed E-state index contributed by atoms with van der Waals surface area (Å²) in [7, 11) is 0. The highest BCUT2D eigenvalue weighted by atomic mass is 16.6. The maximum Gasteiger partial charge on any atom is 0.269 e. The predicted octanol–water partition coefficient (Wildman–Crippen LogP) is 5.09. The van der Waals surface area contributed by atoms with Gasteiger partial charge in [-0.15, -0.1) is 0 Å². The minimum Gasteiger partial charge on any atom is -0.366 e. The number of aromatic amines is 1. The van der Waals surface area contributed by atoms with Crippen molar-refractivity contribution in [1.29, 1.82) is 0 Å². The van der Waals surface area contributed by atoms with Crippen molar-refractivity contribution in [2.45, 2.75) is 56.3 Å². The molecule has 4 N–H and O–H groups in total. The number of benzene rings is 2. The van der Waals surface area contributed by atoms with E-state index in [1.807, 2.05) is 48.7 Å². The highest BCUT2D eigenvalue weighted by molar-refractivity contribution is 5.99. The molecule has 9 nitrogen and oxygen atoms in total. The number of nitro groups is 1. The lowest BCUT2D eigenvalue weighted by molar-refractivity contribution is -0.385. The number of aromatic nitrogens is 2. The van der Waals surface area contributed by atoms with Crippen LogP contribution in [0, 0.1) is 10.1 Å². The van der Waals surface area contributed by atoms with Crippen molar-refractivity contribution < 1.29 is 14.5 Å². The molecule has 1 fully saturated rings. The zero-order valence-corrected chi connectivity index (χ0v) is 22.5. The molecule has 0 saturated heterocycles. The number of nitrogens with zero attached hydrogens (tertiary/aromatic N) is 2. The zero-order valence-electron chi connectivity index (χ0n) is 22.5. The lowest BCUT2D eigenvalue weighted by Crippen LogP contribution is -2.50. The SMILES string of the molecule is C[C@@](Cc1c[nH]c2ccccc12)(C(=O)NCC1(c2ccccn2)CCCCC1)c1cc([N+](=O)[O-])ccc1C(N)=O. The molecule has 0 unspecified atom stereocenters. The zero-order chi connectivity index (χ0) is 28.3. The average molecular weight is 540 g/mol. The van der Waals surface area contributed by atoms with Gasteiger partial charge in [0.25, 0.3) is 5.69 Å². The van der Waals surface area contributed by atoms with Gasteiger partial charge in [0.05, 0.1) is 10.3 Å². The third kappa shape index (κ3) is 5.06. The molecule has 1 saturated carbocycles. The molecule has 2 aromatic heterocycles. The van der Waals surface area contributed by atoms with Gasteiger partial charge in [0.1, 0.15) is 0 Å². The van der Waals surface area contributed by atoms with E-state index < -0.39 is 16.2 Å². The number of hydrogen-bond acceptors (Lipinski definition) is 5. The highest BCUT2D eigenvalue weighted by Crippen LogP contribution is 2.39. The molecule has 2 amide bonds. The van der Waals surface area contributed by atoms with E-state index >= 15 is 0 Å². The normalized spacial score (nSPS) is 16.2. The van der Waals surface area contributed by atoms with E-state index in [1.165, 1.54) is 18.2 Å². The first kappa shape index (κ1) is 27.1. The summed E-state index contributed by atoms with van der Waals surface area (Å²) < 4.78 is 0. The van der Waals surface area contributed by atoms with Gasteiger partial charge in [-0.2, -0.15) is 0 Å². The van der Waals surface area contributed by atoms with Crippen molar-refractivity contribution in [3.05, 3.63) is 106 Å². The minimum absolute atomic E-state index is 0.0835. The molecule has 9 heteroatoms. The standard InChI is InChI=1S/C31H33N5O4/c1-30(18-21-19-34-26-10-4-3-9-23(21)26,25-17-22(36(39)40)12-13-24(25)28(32)37)29(38)35-20-31(14-6-2-7-15-31)27-11-5-8-16-33-27/h3-5,8-13,16-17,19,34H,2,6-7,14-15,18,20H2,1H3,(H2,32,37)(H,35,38)/t30-/m0/s1. The monoisotopic (exact) mass is 539 g/mol. The Bertz CT molecular complexity index is 1560. The van der Waals surface area contributed by atoms with Gasteiger partial charge in [0, 0.05) is 58.6 Å². The van der Waals surface area contributed by atoms with E-state index in [2.05, 4.69) is 15.3 Å². The van der Waals surface area contributed by atoms with Crippen LogP contribution in [0.1, 0.15) is 66.2 Å². The number of primary amides is 1. The Morgan fingerprint density at radius 1 is 1.10 bits per heavy atom. The lowest BCUT2D eigenvalue weighted by atomic mass is 9.70. The van der Waals surface area contributed by atoms with Crippen molar-refractivity contribution in [2.75, 3.05) is 6.54 Å². The van der Waals surface area contributed by atoms with E-state index in [-0.39, 0.29) is 34.6 Å². The summed E-state index contributed by atoms with van der Waals surface area (Å²) in [6.07, 6.45) is 8.81. The first-order valence-electron chi connectivity index (χ1n) is 13.6. The molecule has 0 spiro atoms. The van der Waals surface area contributed by atoms with Crippen LogP contribution in [-0.2, 0) is 22.0 Å². The molecular weight excluding hydrogens is 506 g/mol. The number of nitrogens with one attached hydrogen (secondary N) is 2. The van der Waals surface area contributed by atoms with Gasteiger partial charge in [-0.25, -0.2) is 0 Å². The summed E-state index contributed by atoms with van der Waals surface area (Å²) in [4.78, 5) is 46.0. The summed E-state index contributed by atoms with van der Waals surface area (Å²) in [5, 5.41) is 15.9. The van der Waals surface area contributed by atoms with Crippen LogP contribution in [0.25, 0.3) is 10.9 Å². The molecule has 206 valence electrons. The Morgan fingerprint density at radius 2 is 1.85 bits per heavy atom. The highest BCUT2D eigenvalue weighted by Gasteiger charge is 2.42. The van der Waals surface area contributed by atoms with Crippen molar-refractivity contribution in [1.82, 2.24) is 15.3 Å². The first-order chi connectivity index (χ1) is 19.2. The number of hydrogen-bond donors (Lipinski definition) is 3. The second kappa shape index (κ2) is 10.9. The summed E-state index contributed by atoms with van der Waals surface area (Å²) in [5.74, 6) is -1.08. The van der Waals surface area contributed by atoms with E-state index in [0.29, 0.717) is 6.54 Å². The van der Waals surface area contributed by atoms with Crippen LogP contribution in [0.15, 0.2) is 73.1 Å². The van der Waals surface area contributed by atoms with Crippen LogP contribution in [0.4, 0.5) is 5.69 Å². The number of fused-ring (bicyclic) bond motifs is 1. The van der Waals surface area contributed by atoms with Crippen molar-refractivity contribution in [2.24, 2.45) is 5.73 Å². The number of pyridine rings is 1. The van der Waals surface area contributed by atoms with Crippen LogP contribution in [-0.4, -0.2) is 33.3 Å². The Morgan fingerprint density at radius 3 is 2.55 bits per heavy atom. The van der Waals surface area contributed by atoms with Crippen LogP contribution < -0.4 is 11.1 Å². The molecule has 1 aliphatic rings. The summed E-state index contributed by atoms with van der Waals surface area (Å²) in [6, 6.07) is 17.5. The topological polar surface area (TPSA) is 144 Å². The van der Waals surface area contributed by atoms with Crippen LogP contribution >= 0.6 is 0 Å². The number of carbonyl (C=O) groups is 2. The second-order valence-electron chi connectivity index (χ2n) is 11.0. The average Bonchev–Trinajstić information content (AvgIpc) is 3.38. The molecule has 1 atom stereocenters. The fourth-order valence-corrected chi connectivity index (χ4v) is 6.15. The Labute approximate surface area is 232 Å². The molecule has 0 radical (unpaired) electrons. The van der Waals surface area contributed by atoms with E-state index in [0.717, 1.165) is 54.3 Å². The number of para-hydroxylation sites is 1. The van der Waals surface area contributed by atoms with E-state index in [1.54, 1.807) is 13.1 Å². The molecule has 1 aliphatic carbocycles. The van der Waals surface area contributed by atoms with Crippen molar-refractivity contribution in [3.8, 4) is 0 Å². The molecular formula is C31H33N5O4. The number of H-pyrrole nitrogens is 1. The summed E-state index contributed by atoms with van der Waals surface area (Å²) >= 11 is 0. The summed E-state index contributed by atoms with van der Waals surface area (Å²) in [5.41, 5.74) is 6.88. The molecule has 0 aliphatic heterocycles. The number of nitrogens with two attached hydrogens (primary N) is 1. The second-order valence-corrected chi connectivity index (χ2v) is 11.0. The quantitative estimate of drug-likeness (QED) is 0.200. The van der Waals surface area contributed by atoms with Crippen molar-refractivity contribution >= 4 is 28.4 Å². The van der Waals surface area contributed by atoms with Crippen LogP contribution in [0.3, 0.4) is 0 Å². The molecule has 0 bridgehead atoms. The maximum atomic E-state index is 14.3. The maximum absolute atomic E-state index is 14.3. The molecule has 5 rings (SSSR count). The van der Waals surface area contributed by atoms with Crippen molar-refractivity contribution in [3.63, 3.8) is 0 Å². The minimum atomic E-state index is -1.35. The Balaban J connectivity index is 1.58. The number of rotatable bonds is 9. The molecule has 2 heterocycles. The third-order valence-corrected chi connectivity index (χ3v) is 8.40. The van der Waals surface area contributed by atoms with E-state index in [9.17, 15) is 19.7 Å². The number of nitro benzene ring substituents is 1. The fourth-order valence-electron chi connectivity index (χ4n) is 6.15. The number of carbonyl (C=O) groups excluding carboxylic acids is 2. The fraction of sp³-hybridized carbons (Fsp3) is 0.323. The third-order valence-electron chi connectivity index (χ3n) is 8.40. The lowest BCUT2D eigenvalue weighted by Gasteiger charge is -2.38. The first-order valence-corrected chi connectivity index (χ1v) is 13.6. The van der Waals surface area contributed by atoms with Gasteiger partial charge < -0.3 is 16.0 Å². The number of amides is 2. The Hall–Kier alpha value is -4.53. The van der Waals surface area contributed by atoms with Crippen LogP contribution in [0.2, 0.25) is 0 Å². The van der Waals surface area contributed by atoms with E-state index in [4.69, 9.17) is 5.73 Å². The predicted molar refractivity (Wildman–Crippen MR) is 153 cm³/mol. The van der Waals surface area contributed by atoms with Crippen LogP contribution in [0.5, 0.6) is 0 Å². The molecule has 4 aromatic rings. The molecule has 2 aromatic carbocycles. The smallest absolute Gasteiger partial charge is 0.269 e. The van der Waals surface area contributed by atoms with Gasteiger partial charge >= 0.3 is 0 Å². The summed E-state index contributed by atoms with van der Waals surface area (Å²) in [6.45, 7) is 2.09. The number of non-ortho nitro benzene ring substituents is 1. The van der Waals surface area contributed by atoms with Gasteiger partial charge in [-0.1, -0.05) is 43.5 Å². The Kier molecular flexibility index (Phi) is 7.38. The van der Waals surface area contributed by atoms with Gasteiger partial charge in [0.2, 0.25) is 11.8 Å². The molecule has 40 heavy (non-hydrogen) atoms. The largest absolute Gasteiger partial charge is 0.366 e. The van der Waals surface area contributed by atoms with Gasteiger partial charge in [0.15, 0.2) is 0 Å². The van der Waals surface area contributed by atoms with Gasteiger partial charge in [-0.05, 0) is 61.6 Å². The van der Waals surface area contributed by atoms with Gasteiger partial charge in [-0.3, -0.25) is 24.7 Å².